The van der Waals surface area contributed by atoms with Crippen LogP contribution in [-0.4, -0.2) is 16.1 Å². The van der Waals surface area contributed by atoms with Crippen LogP contribution in [0.1, 0.15) is 28.9 Å². The Morgan fingerprint density at radius 1 is 1.42 bits per heavy atom. The van der Waals surface area contributed by atoms with Gasteiger partial charge in [0.05, 0.1) is 11.6 Å². The molecule has 0 aliphatic heterocycles. The van der Waals surface area contributed by atoms with Crippen molar-refractivity contribution in [2.75, 3.05) is 11.1 Å². The average molecular weight is 257 g/mol. The number of hydrogen-bond acceptors (Lipinski definition) is 4. The molecule has 0 saturated carbocycles. The van der Waals surface area contributed by atoms with Gasteiger partial charge in [-0.3, -0.25) is 4.98 Å². The van der Waals surface area contributed by atoms with Crippen LogP contribution in [0, 0.1) is 0 Å². The first-order valence-corrected chi connectivity index (χ1v) is 5.87. The summed E-state index contributed by atoms with van der Waals surface area (Å²) in [5, 5.41) is 12.2. The second-order valence-corrected chi connectivity index (χ2v) is 4.26. The molecule has 1 aromatic carbocycles. The fourth-order valence-corrected chi connectivity index (χ4v) is 1.81. The zero-order valence-corrected chi connectivity index (χ0v) is 10.5. The summed E-state index contributed by atoms with van der Waals surface area (Å²) >= 11 is 0. The maximum atomic E-state index is 10.9. The standard InChI is InChI=1S/C14H15N3O2/c1-9(10-3-2-6-16-8-10)17-11-4-5-12(14(18)19)13(15)7-11/h2-9,17H,15H2,1H3,(H,18,19). The number of aromatic nitrogens is 1. The van der Waals surface area contributed by atoms with Crippen molar-refractivity contribution >= 4 is 17.3 Å². The van der Waals surface area contributed by atoms with E-state index in [9.17, 15) is 4.79 Å². The van der Waals surface area contributed by atoms with E-state index in [1.165, 1.54) is 6.07 Å². The molecule has 98 valence electrons. The predicted octanol–water partition coefficient (Wildman–Crippen LogP) is 2.54. The van der Waals surface area contributed by atoms with Crippen molar-refractivity contribution in [3.05, 3.63) is 53.9 Å². The van der Waals surface area contributed by atoms with Crippen LogP contribution in [0.15, 0.2) is 42.7 Å². The average Bonchev–Trinajstić information content (AvgIpc) is 2.39. The van der Waals surface area contributed by atoms with Crippen molar-refractivity contribution in [3.8, 4) is 0 Å². The molecule has 2 rings (SSSR count). The number of nitrogens with two attached hydrogens (primary N) is 1. The summed E-state index contributed by atoms with van der Waals surface area (Å²) in [7, 11) is 0. The Labute approximate surface area is 111 Å². The molecule has 1 heterocycles. The SMILES string of the molecule is CC(Nc1ccc(C(=O)O)c(N)c1)c1cccnc1. The Balaban J connectivity index is 2.16. The lowest BCUT2D eigenvalue weighted by atomic mass is 10.1. The predicted molar refractivity (Wildman–Crippen MR) is 74.1 cm³/mol. The number of carboxylic acid groups (broad SMARTS) is 1. The molecule has 19 heavy (non-hydrogen) atoms. The number of benzene rings is 1. The summed E-state index contributed by atoms with van der Waals surface area (Å²) in [6.07, 6.45) is 3.50. The van der Waals surface area contributed by atoms with Crippen molar-refractivity contribution in [3.63, 3.8) is 0 Å². The molecule has 5 nitrogen and oxygen atoms in total. The van der Waals surface area contributed by atoms with Gasteiger partial charge in [-0.2, -0.15) is 0 Å². The summed E-state index contributed by atoms with van der Waals surface area (Å²) in [5.74, 6) is -1.02. The maximum absolute atomic E-state index is 10.9. The number of pyridine rings is 1. The summed E-state index contributed by atoms with van der Waals surface area (Å²) in [4.78, 5) is 14.9. The summed E-state index contributed by atoms with van der Waals surface area (Å²) in [6.45, 7) is 2.00. The van der Waals surface area contributed by atoms with Crippen molar-refractivity contribution in [2.45, 2.75) is 13.0 Å². The smallest absolute Gasteiger partial charge is 0.337 e. The first kappa shape index (κ1) is 12.9. The van der Waals surface area contributed by atoms with Crippen molar-refractivity contribution in [1.82, 2.24) is 4.98 Å². The lowest BCUT2D eigenvalue weighted by molar-refractivity contribution is 0.0698. The van der Waals surface area contributed by atoms with E-state index < -0.39 is 5.97 Å². The zero-order valence-electron chi connectivity index (χ0n) is 10.5. The highest BCUT2D eigenvalue weighted by Gasteiger charge is 2.10. The Bertz CT molecular complexity index is 584. The molecular formula is C14H15N3O2. The highest BCUT2D eigenvalue weighted by Crippen LogP contribution is 2.22. The lowest BCUT2D eigenvalue weighted by Crippen LogP contribution is -2.08. The first-order chi connectivity index (χ1) is 9.08. The van der Waals surface area contributed by atoms with Crippen LogP contribution in [0.2, 0.25) is 0 Å². The van der Waals surface area contributed by atoms with E-state index in [0.29, 0.717) is 0 Å². The van der Waals surface area contributed by atoms with Crippen LogP contribution in [0.4, 0.5) is 11.4 Å². The van der Waals surface area contributed by atoms with Gasteiger partial charge in [0.1, 0.15) is 0 Å². The molecule has 0 radical (unpaired) electrons. The molecule has 0 spiro atoms. The van der Waals surface area contributed by atoms with Crippen molar-refractivity contribution in [1.29, 1.82) is 0 Å². The molecule has 5 heteroatoms. The van der Waals surface area contributed by atoms with Crippen molar-refractivity contribution < 1.29 is 9.90 Å². The second kappa shape index (κ2) is 5.39. The van der Waals surface area contributed by atoms with Gasteiger partial charge in [0.15, 0.2) is 0 Å². The topological polar surface area (TPSA) is 88.2 Å². The van der Waals surface area contributed by atoms with Gasteiger partial charge < -0.3 is 16.2 Å². The number of nitrogens with one attached hydrogen (secondary N) is 1. The van der Waals surface area contributed by atoms with Gasteiger partial charge in [0, 0.05) is 23.8 Å². The molecule has 0 bridgehead atoms. The fraction of sp³-hybridized carbons (Fsp3) is 0.143. The number of carboxylic acids is 1. The molecule has 1 atom stereocenters. The number of hydrogen-bond donors (Lipinski definition) is 3. The minimum atomic E-state index is -1.02. The molecule has 0 saturated heterocycles. The van der Waals surface area contributed by atoms with Gasteiger partial charge in [0.25, 0.3) is 0 Å². The minimum Gasteiger partial charge on any atom is -0.478 e. The number of rotatable bonds is 4. The maximum Gasteiger partial charge on any atom is 0.337 e. The highest BCUT2D eigenvalue weighted by atomic mass is 16.4. The van der Waals surface area contributed by atoms with E-state index in [1.807, 2.05) is 19.1 Å². The number of carbonyl (C=O) groups is 1. The van der Waals surface area contributed by atoms with Crippen molar-refractivity contribution in [2.24, 2.45) is 0 Å². The monoisotopic (exact) mass is 257 g/mol. The quantitative estimate of drug-likeness (QED) is 0.732. The minimum absolute atomic E-state index is 0.0591. The molecule has 0 aliphatic rings. The van der Waals surface area contributed by atoms with Crippen LogP contribution >= 0.6 is 0 Å². The summed E-state index contributed by atoms with van der Waals surface area (Å²) < 4.78 is 0. The third-order valence-electron chi connectivity index (χ3n) is 2.85. The number of aromatic carboxylic acids is 1. The van der Waals surface area contributed by atoms with E-state index in [0.717, 1.165) is 11.3 Å². The molecule has 1 unspecified atom stereocenters. The van der Waals surface area contributed by atoms with E-state index in [2.05, 4.69) is 10.3 Å². The molecule has 2 aromatic rings. The third-order valence-corrected chi connectivity index (χ3v) is 2.85. The number of nitrogen functional groups attached to an aromatic ring is 1. The van der Waals surface area contributed by atoms with Crippen LogP contribution in [0.25, 0.3) is 0 Å². The van der Waals surface area contributed by atoms with E-state index in [-0.39, 0.29) is 17.3 Å². The summed E-state index contributed by atoms with van der Waals surface area (Å²) in [5.41, 5.74) is 7.88. The lowest BCUT2D eigenvalue weighted by Gasteiger charge is -2.16. The largest absolute Gasteiger partial charge is 0.478 e. The molecule has 0 amide bonds. The van der Waals surface area contributed by atoms with Gasteiger partial charge in [-0.1, -0.05) is 6.07 Å². The van der Waals surface area contributed by atoms with Crippen LogP contribution in [-0.2, 0) is 0 Å². The van der Waals surface area contributed by atoms with E-state index in [1.54, 1.807) is 24.5 Å². The molecule has 0 fully saturated rings. The van der Waals surface area contributed by atoms with E-state index in [4.69, 9.17) is 10.8 Å². The molecule has 0 aliphatic carbocycles. The van der Waals surface area contributed by atoms with Crippen LogP contribution in [0.5, 0.6) is 0 Å². The van der Waals surface area contributed by atoms with Crippen LogP contribution < -0.4 is 11.1 Å². The Morgan fingerprint density at radius 3 is 2.79 bits per heavy atom. The van der Waals surface area contributed by atoms with Gasteiger partial charge in [-0.05, 0) is 36.8 Å². The zero-order chi connectivity index (χ0) is 13.8. The Morgan fingerprint density at radius 2 is 2.21 bits per heavy atom. The molecule has 4 N–H and O–H groups in total. The van der Waals surface area contributed by atoms with Gasteiger partial charge in [0.2, 0.25) is 0 Å². The third kappa shape index (κ3) is 3.01. The Hall–Kier alpha value is -2.56. The van der Waals surface area contributed by atoms with Gasteiger partial charge >= 0.3 is 5.97 Å². The molecule has 1 aromatic heterocycles. The van der Waals surface area contributed by atoms with E-state index >= 15 is 0 Å². The number of anilines is 2. The summed E-state index contributed by atoms with van der Waals surface area (Å²) in [6, 6.07) is 8.72. The van der Waals surface area contributed by atoms with Crippen LogP contribution in [0.3, 0.4) is 0 Å². The van der Waals surface area contributed by atoms with Gasteiger partial charge in [-0.15, -0.1) is 0 Å². The normalized spacial score (nSPS) is 11.8. The molecular weight excluding hydrogens is 242 g/mol. The van der Waals surface area contributed by atoms with Gasteiger partial charge in [-0.25, -0.2) is 4.79 Å². The highest BCUT2D eigenvalue weighted by molar-refractivity contribution is 5.94. The first-order valence-electron chi connectivity index (χ1n) is 5.87. The second-order valence-electron chi connectivity index (χ2n) is 4.26. The number of nitrogens with zero attached hydrogens (tertiary/aromatic N) is 1. The Kier molecular flexibility index (Phi) is 3.66. The fourth-order valence-electron chi connectivity index (χ4n) is 1.81.